The molecule has 0 radical (unpaired) electrons. The average Bonchev–Trinajstić information content (AvgIpc) is 2.98. The lowest BCUT2D eigenvalue weighted by Crippen LogP contribution is -2.47. The second kappa shape index (κ2) is 9.39. The summed E-state index contributed by atoms with van der Waals surface area (Å²) >= 11 is 0. The third-order valence-electron chi connectivity index (χ3n) is 4.24. The number of likely N-dealkylation sites (N-methyl/N-ethyl adjacent to an activating group) is 1. The molecule has 1 unspecified atom stereocenters. The number of nitrogens with zero attached hydrogens (tertiary/aromatic N) is 3. The Bertz CT molecular complexity index is 439. The van der Waals surface area contributed by atoms with Crippen LogP contribution in [0, 0.1) is 5.92 Å². The van der Waals surface area contributed by atoms with Gasteiger partial charge < -0.3 is 14.6 Å². The number of hydrogen-bond acceptors (Lipinski definition) is 3. The Morgan fingerprint density at radius 1 is 1.45 bits per heavy atom. The molecule has 1 aliphatic rings. The first-order chi connectivity index (χ1) is 10.1. The third-order valence-corrected chi connectivity index (χ3v) is 4.24. The predicted octanol–water partition coefficient (Wildman–Crippen LogP) is 2.81. The Morgan fingerprint density at radius 2 is 2.14 bits per heavy atom. The van der Waals surface area contributed by atoms with Gasteiger partial charge in [-0.05, 0) is 45.0 Å². The molecule has 2 heterocycles. The lowest BCUT2D eigenvalue weighted by molar-refractivity contribution is 0.247. The van der Waals surface area contributed by atoms with Gasteiger partial charge in [-0.3, -0.25) is 9.89 Å². The number of aliphatic imine (C=N–C) groups is 1. The van der Waals surface area contributed by atoms with Crippen LogP contribution in [0.25, 0.3) is 0 Å². The second-order valence-electron chi connectivity index (χ2n) is 6.09. The molecule has 1 N–H and O–H groups in total. The highest BCUT2D eigenvalue weighted by Crippen LogP contribution is 2.19. The molecule has 2 rings (SSSR count). The largest absolute Gasteiger partial charge is 0.468 e. The van der Waals surface area contributed by atoms with Gasteiger partial charge in [-0.15, -0.1) is 24.0 Å². The Morgan fingerprint density at radius 3 is 2.64 bits per heavy atom. The van der Waals surface area contributed by atoms with Crippen LogP contribution in [0.3, 0.4) is 0 Å². The van der Waals surface area contributed by atoms with Crippen LogP contribution < -0.4 is 5.32 Å². The van der Waals surface area contributed by atoms with Gasteiger partial charge in [0.05, 0.1) is 12.3 Å². The van der Waals surface area contributed by atoms with E-state index in [0.29, 0.717) is 0 Å². The van der Waals surface area contributed by atoms with E-state index >= 15 is 0 Å². The van der Waals surface area contributed by atoms with E-state index in [4.69, 9.17) is 4.42 Å². The minimum atomic E-state index is 0. The van der Waals surface area contributed by atoms with Crippen LogP contribution in [0.1, 0.15) is 31.6 Å². The standard InChI is InChI=1S/C16H28N4O.HI/c1-13-7-9-20(10-8-13)16(17-2)18-12-14(19(3)4)15-6-5-11-21-15;/h5-6,11,13-14H,7-10,12H2,1-4H3,(H,17,18);1H. The van der Waals surface area contributed by atoms with Gasteiger partial charge in [-0.2, -0.15) is 0 Å². The van der Waals surface area contributed by atoms with Crippen molar-refractivity contribution in [3.8, 4) is 0 Å². The zero-order chi connectivity index (χ0) is 15.2. The third kappa shape index (κ3) is 5.15. The SMILES string of the molecule is CN=C(NCC(c1ccco1)N(C)C)N1CCC(C)CC1.I. The van der Waals surface area contributed by atoms with E-state index < -0.39 is 0 Å². The fourth-order valence-corrected chi connectivity index (χ4v) is 2.76. The quantitative estimate of drug-likeness (QED) is 0.462. The highest BCUT2D eigenvalue weighted by molar-refractivity contribution is 14.0. The summed E-state index contributed by atoms with van der Waals surface area (Å²) in [6.07, 6.45) is 4.22. The molecular weight excluding hydrogens is 391 g/mol. The van der Waals surface area contributed by atoms with E-state index in [-0.39, 0.29) is 30.0 Å². The molecule has 22 heavy (non-hydrogen) atoms. The van der Waals surface area contributed by atoms with Crippen LogP contribution in [0.5, 0.6) is 0 Å². The average molecular weight is 420 g/mol. The van der Waals surface area contributed by atoms with Gasteiger partial charge in [-0.25, -0.2) is 0 Å². The number of piperidine rings is 1. The van der Waals surface area contributed by atoms with Crippen molar-refractivity contribution in [3.63, 3.8) is 0 Å². The molecular formula is C16H29IN4O. The Balaban J connectivity index is 0.00000242. The zero-order valence-corrected chi connectivity index (χ0v) is 16.4. The molecule has 1 aromatic heterocycles. The van der Waals surface area contributed by atoms with Crippen molar-refractivity contribution in [1.82, 2.24) is 15.1 Å². The number of rotatable bonds is 4. The van der Waals surface area contributed by atoms with Crippen LogP contribution >= 0.6 is 24.0 Å². The van der Waals surface area contributed by atoms with E-state index in [0.717, 1.165) is 37.3 Å². The Hall–Kier alpha value is -0.760. The molecule has 6 heteroatoms. The van der Waals surface area contributed by atoms with Crippen molar-refractivity contribution in [2.45, 2.75) is 25.8 Å². The van der Waals surface area contributed by atoms with Crippen LogP contribution in [-0.4, -0.2) is 56.5 Å². The van der Waals surface area contributed by atoms with Crippen molar-refractivity contribution in [3.05, 3.63) is 24.2 Å². The molecule has 1 atom stereocenters. The molecule has 0 spiro atoms. The molecule has 0 aliphatic carbocycles. The minimum Gasteiger partial charge on any atom is -0.468 e. The van der Waals surface area contributed by atoms with Crippen LogP contribution in [0.15, 0.2) is 27.8 Å². The van der Waals surface area contributed by atoms with E-state index in [1.165, 1.54) is 12.8 Å². The molecule has 0 saturated carbocycles. The Kier molecular flexibility index (Phi) is 8.24. The summed E-state index contributed by atoms with van der Waals surface area (Å²) in [6.45, 7) is 5.30. The highest BCUT2D eigenvalue weighted by Gasteiger charge is 2.21. The second-order valence-corrected chi connectivity index (χ2v) is 6.09. The van der Waals surface area contributed by atoms with Gasteiger partial charge >= 0.3 is 0 Å². The number of nitrogens with one attached hydrogen (secondary N) is 1. The number of likely N-dealkylation sites (tertiary alicyclic amines) is 1. The van der Waals surface area contributed by atoms with Crippen LogP contribution in [-0.2, 0) is 0 Å². The zero-order valence-electron chi connectivity index (χ0n) is 14.1. The molecule has 0 bridgehead atoms. The number of guanidine groups is 1. The molecule has 1 aromatic rings. The first-order valence-electron chi connectivity index (χ1n) is 7.77. The van der Waals surface area contributed by atoms with Gasteiger partial charge in [0.2, 0.25) is 0 Å². The smallest absolute Gasteiger partial charge is 0.193 e. The van der Waals surface area contributed by atoms with E-state index in [2.05, 4.69) is 41.1 Å². The van der Waals surface area contributed by atoms with Crippen molar-refractivity contribution < 1.29 is 4.42 Å². The lowest BCUT2D eigenvalue weighted by atomic mass is 9.99. The summed E-state index contributed by atoms with van der Waals surface area (Å²) in [5.41, 5.74) is 0. The summed E-state index contributed by atoms with van der Waals surface area (Å²) in [5.74, 6) is 2.81. The van der Waals surface area contributed by atoms with Crippen molar-refractivity contribution in [2.75, 3.05) is 40.8 Å². The van der Waals surface area contributed by atoms with Crippen LogP contribution in [0.4, 0.5) is 0 Å². The summed E-state index contributed by atoms with van der Waals surface area (Å²) < 4.78 is 5.55. The van der Waals surface area contributed by atoms with E-state index in [1.807, 2.05) is 19.2 Å². The van der Waals surface area contributed by atoms with Gasteiger partial charge in [0, 0.05) is 26.7 Å². The van der Waals surface area contributed by atoms with Crippen molar-refractivity contribution in [2.24, 2.45) is 10.9 Å². The number of halogens is 1. The summed E-state index contributed by atoms with van der Waals surface area (Å²) in [7, 11) is 6.00. The molecule has 126 valence electrons. The maximum Gasteiger partial charge on any atom is 0.193 e. The first kappa shape index (κ1) is 19.3. The molecule has 1 saturated heterocycles. The van der Waals surface area contributed by atoms with Crippen molar-refractivity contribution in [1.29, 1.82) is 0 Å². The molecule has 1 fully saturated rings. The summed E-state index contributed by atoms with van der Waals surface area (Å²) in [6, 6.07) is 4.17. The van der Waals surface area contributed by atoms with Crippen molar-refractivity contribution >= 4 is 29.9 Å². The van der Waals surface area contributed by atoms with Gasteiger partial charge in [0.25, 0.3) is 0 Å². The molecule has 0 aromatic carbocycles. The fraction of sp³-hybridized carbons (Fsp3) is 0.688. The maximum atomic E-state index is 5.55. The fourth-order valence-electron chi connectivity index (χ4n) is 2.76. The lowest BCUT2D eigenvalue weighted by Gasteiger charge is -2.34. The van der Waals surface area contributed by atoms with E-state index in [1.54, 1.807) is 6.26 Å². The monoisotopic (exact) mass is 420 g/mol. The molecule has 0 amide bonds. The van der Waals surface area contributed by atoms with Crippen LogP contribution in [0.2, 0.25) is 0 Å². The van der Waals surface area contributed by atoms with E-state index in [9.17, 15) is 0 Å². The summed E-state index contributed by atoms with van der Waals surface area (Å²) in [4.78, 5) is 8.95. The van der Waals surface area contributed by atoms with Gasteiger partial charge in [-0.1, -0.05) is 6.92 Å². The maximum absolute atomic E-state index is 5.55. The summed E-state index contributed by atoms with van der Waals surface area (Å²) in [5, 5.41) is 3.50. The normalized spacial score (nSPS) is 18.2. The number of hydrogen-bond donors (Lipinski definition) is 1. The Labute approximate surface area is 151 Å². The van der Waals surface area contributed by atoms with Gasteiger partial charge in [0.1, 0.15) is 5.76 Å². The first-order valence-corrected chi connectivity index (χ1v) is 7.77. The molecule has 1 aliphatic heterocycles. The highest BCUT2D eigenvalue weighted by atomic mass is 127. The molecule has 5 nitrogen and oxygen atoms in total. The predicted molar refractivity (Wildman–Crippen MR) is 102 cm³/mol. The minimum absolute atomic E-state index is 0. The topological polar surface area (TPSA) is 44.0 Å². The van der Waals surface area contributed by atoms with Gasteiger partial charge in [0.15, 0.2) is 5.96 Å². The number of furan rings is 1.